The third kappa shape index (κ3) is 2.90. The summed E-state index contributed by atoms with van der Waals surface area (Å²) >= 11 is 1.50. The fourth-order valence-corrected chi connectivity index (χ4v) is 2.49. The maximum Gasteiger partial charge on any atom is 0.159 e. The zero-order valence-electron chi connectivity index (χ0n) is 9.28. The van der Waals surface area contributed by atoms with Crippen LogP contribution in [0.1, 0.15) is 21.4 Å². The van der Waals surface area contributed by atoms with Crippen molar-refractivity contribution in [2.24, 2.45) is 0 Å². The Balaban J connectivity index is 2.12. The molecule has 0 saturated heterocycles. The van der Waals surface area contributed by atoms with Crippen LogP contribution in [0.4, 0.5) is 8.78 Å². The Morgan fingerprint density at radius 3 is 2.53 bits per heavy atom. The SMILES string of the molecule is Cc1ccc(C(O)Cc2ccc(F)c(F)c2)s1. The number of aryl methyl sites for hydroxylation is 1. The van der Waals surface area contributed by atoms with Gasteiger partial charge in [0.05, 0.1) is 6.10 Å². The Labute approximate surface area is 102 Å². The number of hydrogen-bond donors (Lipinski definition) is 1. The van der Waals surface area contributed by atoms with Crippen molar-refractivity contribution in [2.75, 3.05) is 0 Å². The topological polar surface area (TPSA) is 20.2 Å². The normalized spacial score (nSPS) is 12.7. The van der Waals surface area contributed by atoms with E-state index in [9.17, 15) is 13.9 Å². The van der Waals surface area contributed by atoms with Gasteiger partial charge in [-0.15, -0.1) is 11.3 Å². The second kappa shape index (κ2) is 4.94. The van der Waals surface area contributed by atoms with Crippen molar-refractivity contribution in [3.63, 3.8) is 0 Å². The van der Waals surface area contributed by atoms with Gasteiger partial charge in [0, 0.05) is 16.2 Å². The smallest absolute Gasteiger partial charge is 0.159 e. The van der Waals surface area contributed by atoms with Crippen LogP contribution in [0.5, 0.6) is 0 Å². The summed E-state index contributed by atoms with van der Waals surface area (Å²) in [6, 6.07) is 7.47. The highest BCUT2D eigenvalue weighted by Gasteiger charge is 2.12. The molecule has 0 aliphatic heterocycles. The van der Waals surface area contributed by atoms with Gasteiger partial charge in [0.25, 0.3) is 0 Å². The molecule has 2 rings (SSSR count). The third-order valence-electron chi connectivity index (χ3n) is 2.50. The van der Waals surface area contributed by atoms with Gasteiger partial charge in [-0.3, -0.25) is 0 Å². The molecular formula is C13H12F2OS. The van der Waals surface area contributed by atoms with Gasteiger partial charge in [-0.2, -0.15) is 0 Å². The van der Waals surface area contributed by atoms with E-state index >= 15 is 0 Å². The van der Waals surface area contributed by atoms with E-state index in [1.165, 1.54) is 17.4 Å². The minimum absolute atomic E-state index is 0.289. The minimum atomic E-state index is -0.878. The highest BCUT2D eigenvalue weighted by atomic mass is 32.1. The van der Waals surface area contributed by atoms with Crippen LogP contribution in [0.2, 0.25) is 0 Å². The number of thiophene rings is 1. The van der Waals surface area contributed by atoms with Crippen LogP contribution in [0, 0.1) is 18.6 Å². The molecule has 2 aromatic rings. The number of hydrogen-bond acceptors (Lipinski definition) is 2. The lowest BCUT2D eigenvalue weighted by atomic mass is 10.1. The number of halogens is 2. The second-order valence-corrected chi connectivity index (χ2v) is 5.24. The molecule has 1 heterocycles. The van der Waals surface area contributed by atoms with Gasteiger partial charge in [0.1, 0.15) is 0 Å². The van der Waals surface area contributed by atoms with Gasteiger partial charge in [-0.25, -0.2) is 8.78 Å². The van der Waals surface area contributed by atoms with Crippen LogP contribution in [-0.4, -0.2) is 5.11 Å². The van der Waals surface area contributed by atoms with Gasteiger partial charge in [0.15, 0.2) is 11.6 Å². The third-order valence-corrected chi connectivity index (χ3v) is 3.60. The van der Waals surface area contributed by atoms with Gasteiger partial charge < -0.3 is 5.11 Å². The standard InChI is InChI=1S/C13H12F2OS/c1-8-2-5-13(17-8)12(16)7-9-3-4-10(14)11(15)6-9/h2-6,12,16H,7H2,1H3. The Bertz CT molecular complexity index is 522. The van der Waals surface area contributed by atoms with Crippen LogP contribution in [0.25, 0.3) is 0 Å². The molecule has 0 aliphatic carbocycles. The van der Waals surface area contributed by atoms with E-state index in [-0.39, 0.29) is 6.42 Å². The van der Waals surface area contributed by atoms with E-state index in [2.05, 4.69) is 0 Å². The largest absolute Gasteiger partial charge is 0.387 e. The van der Waals surface area contributed by atoms with Crippen molar-refractivity contribution in [1.82, 2.24) is 0 Å². The molecule has 0 radical (unpaired) electrons. The Morgan fingerprint density at radius 1 is 1.18 bits per heavy atom. The van der Waals surface area contributed by atoms with Crippen molar-refractivity contribution in [1.29, 1.82) is 0 Å². The maximum absolute atomic E-state index is 13.0. The van der Waals surface area contributed by atoms with Crippen LogP contribution in [-0.2, 0) is 6.42 Å². The van der Waals surface area contributed by atoms with Crippen molar-refractivity contribution < 1.29 is 13.9 Å². The molecule has 1 aromatic carbocycles. The molecule has 1 N–H and O–H groups in total. The molecule has 1 atom stereocenters. The Hall–Kier alpha value is -1.26. The summed E-state index contributed by atoms with van der Waals surface area (Å²) in [5.74, 6) is -1.74. The molecule has 4 heteroatoms. The number of aliphatic hydroxyl groups is 1. The lowest BCUT2D eigenvalue weighted by Gasteiger charge is -2.08. The first-order valence-electron chi connectivity index (χ1n) is 5.24. The van der Waals surface area contributed by atoms with Crippen molar-refractivity contribution in [3.05, 3.63) is 57.3 Å². The fraction of sp³-hybridized carbons (Fsp3) is 0.231. The number of rotatable bonds is 3. The predicted octanol–water partition coefficient (Wildman–Crippen LogP) is 3.61. The Morgan fingerprint density at radius 2 is 1.94 bits per heavy atom. The molecule has 90 valence electrons. The van der Waals surface area contributed by atoms with E-state index in [1.54, 1.807) is 0 Å². The van der Waals surface area contributed by atoms with Crippen molar-refractivity contribution in [2.45, 2.75) is 19.4 Å². The molecule has 0 amide bonds. The summed E-state index contributed by atoms with van der Waals surface area (Å²) in [5.41, 5.74) is 0.586. The lowest BCUT2D eigenvalue weighted by Crippen LogP contribution is -2.00. The first kappa shape index (κ1) is 12.2. The molecule has 1 unspecified atom stereocenters. The van der Waals surface area contributed by atoms with Gasteiger partial charge in [-0.1, -0.05) is 6.07 Å². The quantitative estimate of drug-likeness (QED) is 0.887. The molecule has 0 bridgehead atoms. The van der Waals surface area contributed by atoms with E-state index < -0.39 is 17.7 Å². The lowest BCUT2D eigenvalue weighted by molar-refractivity contribution is 0.182. The van der Waals surface area contributed by atoms with Gasteiger partial charge in [0.2, 0.25) is 0 Å². The highest BCUT2D eigenvalue weighted by Crippen LogP contribution is 2.25. The molecule has 1 aromatic heterocycles. The average Bonchev–Trinajstić information content (AvgIpc) is 2.70. The van der Waals surface area contributed by atoms with E-state index in [0.29, 0.717) is 5.56 Å². The monoisotopic (exact) mass is 254 g/mol. The molecule has 0 spiro atoms. The molecule has 17 heavy (non-hydrogen) atoms. The molecule has 0 aliphatic rings. The minimum Gasteiger partial charge on any atom is -0.387 e. The molecular weight excluding hydrogens is 242 g/mol. The van der Waals surface area contributed by atoms with Crippen LogP contribution in [0.15, 0.2) is 30.3 Å². The molecule has 1 nitrogen and oxygen atoms in total. The zero-order chi connectivity index (χ0) is 12.4. The summed E-state index contributed by atoms with van der Waals surface area (Å²) in [4.78, 5) is 1.96. The van der Waals surface area contributed by atoms with Crippen molar-refractivity contribution in [3.8, 4) is 0 Å². The summed E-state index contributed by atoms with van der Waals surface area (Å²) in [6.07, 6.45) is -0.379. The predicted molar refractivity (Wildman–Crippen MR) is 64.1 cm³/mol. The molecule has 0 fully saturated rings. The van der Waals surface area contributed by atoms with Gasteiger partial charge >= 0.3 is 0 Å². The number of aliphatic hydroxyl groups excluding tert-OH is 1. The zero-order valence-corrected chi connectivity index (χ0v) is 10.1. The van der Waals surface area contributed by atoms with Crippen LogP contribution >= 0.6 is 11.3 Å². The van der Waals surface area contributed by atoms with E-state index in [1.807, 2.05) is 19.1 Å². The summed E-state index contributed by atoms with van der Waals surface area (Å²) in [5, 5.41) is 9.94. The molecule has 0 saturated carbocycles. The van der Waals surface area contributed by atoms with Crippen molar-refractivity contribution >= 4 is 11.3 Å². The summed E-state index contributed by atoms with van der Waals surface area (Å²) < 4.78 is 25.7. The fourth-order valence-electron chi connectivity index (χ4n) is 1.62. The summed E-state index contributed by atoms with van der Waals surface area (Å²) in [6.45, 7) is 1.96. The average molecular weight is 254 g/mol. The number of benzene rings is 1. The Kier molecular flexibility index (Phi) is 3.54. The first-order chi connectivity index (χ1) is 8.06. The van der Waals surface area contributed by atoms with Gasteiger partial charge in [-0.05, 0) is 36.8 Å². The second-order valence-electron chi connectivity index (χ2n) is 3.92. The van der Waals surface area contributed by atoms with Crippen LogP contribution in [0.3, 0.4) is 0 Å². The maximum atomic E-state index is 13.0. The summed E-state index contributed by atoms with van der Waals surface area (Å²) in [7, 11) is 0. The first-order valence-corrected chi connectivity index (χ1v) is 6.06. The van der Waals surface area contributed by atoms with Crippen LogP contribution < -0.4 is 0 Å². The van der Waals surface area contributed by atoms with E-state index in [0.717, 1.165) is 21.9 Å². The van der Waals surface area contributed by atoms with E-state index in [4.69, 9.17) is 0 Å². The highest BCUT2D eigenvalue weighted by molar-refractivity contribution is 7.12.